The van der Waals surface area contributed by atoms with Gasteiger partial charge < -0.3 is 5.32 Å². The smallest absolute Gasteiger partial charge is 0.289 e. The molecule has 1 saturated carbocycles. The zero-order chi connectivity index (χ0) is 17.4. The third kappa shape index (κ3) is 3.64. The van der Waals surface area contributed by atoms with Crippen molar-refractivity contribution in [2.45, 2.75) is 12.3 Å². The summed E-state index contributed by atoms with van der Waals surface area (Å²) in [7, 11) is 0. The highest BCUT2D eigenvalue weighted by atomic mass is 35.5. The predicted octanol–water partition coefficient (Wildman–Crippen LogP) is 5.30. The van der Waals surface area contributed by atoms with Crippen LogP contribution < -0.4 is 5.32 Å². The number of benzene rings is 2. The minimum absolute atomic E-state index is 0.0240. The summed E-state index contributed by atoms with van der Waals surface area (Å²) < 4.78 is 0. The number of nitro groups is 1. The van der Waals surface area contributed by atoms with Gasteiger partial charge in [-0.05, 0) is 48.2 Å². The van der Waals surface area contributed by atoms with Gasteiger partial charge >= 0.3 is 0 Å². The number of nitro benzene ring substituents is 1. The van der Waals surface area contributed by atoms with Gasteiger partial charge in [0.2, 0.25) is 5.91 Å². The number of anilines is 1. The largest absolute Gasteiger partial charge is 0.326 e. The maximum Gasteiger partial charge on any atom is 0.289 e. The molecule has 1 fully saturated rings. The molecule has 0 unspecified atom stereocenters. The van der Waals surface area contributed by atoms with Crippen LogP contribution in [0, 0.1) is 16.0 Å². The fraction of sp³-hybridized carbons (Fsp3) is 0.188. The second-order valence-corrected chi connectivity index (χ2v) is 6.84. The van der Waals surface area contributed by atoms with Crippen molar-refractivity contribution in [2.24, 2.45) is 5.92 Å². The highest BCUT2D eigenvalue weighted by Gasteiger charge is 2.44. The molecular weight excluding hydrogens is 375 g/mol. The van der Waals surface area contributed by atoms with Crippen molar-refractivity contribution in [3.8, 4) is 0 Å². The number of halogens is 3. The number of carbonyl (C=O) groups is 1. The molecule has 2 aromatic carbocycles. The normalized spacial score (nSPS) is 19.0. The minimum atomic E-state index is -0.591. The summed E-state index contributed by atoms with van der Waals surface area (Å²) in [5.74, 6) is -0.370. The molecule has 1 N–H and O–H groups in total. The van der Waals surface area contributed by atoms with Crippen LogP contribution in [-0.2, 0) is 4.79 Å². The SMILES string of the molecule is O=C(Nc1ccc(Cl)c([N+](=O)[O-])c1)[C@H]1C[C@H]1c1cc(Cl)cc(Cl)c1. The molecular formula is C16H11Cl3N2O3. The Morgan fingerprint density at radius 2 is 1.79 bits per heavy atom. The summed E-state index contributed by atoms with van der Waals surface area (Å²) in [5.41, 5.74) is 1.00. The first-order chi connectivity index (χ1) is 11.3. The van der Waals surface area contributed by atoms with E-state index in [0.717, 1.165) is 5.56 Å². The monoisotopic (exact) mass is 384 g/mol. The summed E-state index contributed by atoms with van der Waals surface area (Å²) >= 11 is 17.7. The van der Waals surface area contributed by atoms with Crippen LogP contribution in [0.5, 0.6) is 0 Å². The lowest BCUT2D eigenvalue weighted by Crippen LogP contribution is -2.14. The molecule has 0 aliphatic heterocycles. The number of rotatable bonds is 4. The van der Waals surface area contributed by atoms with Crippen molar-refractivity contribution in [3.63, 3.8) is 0 Å². The number of hydrogen-bond donors (Lipinski definition) is 1. The van der Waals surface area contributed by atoms with E-state index in [2.05, 4.69) is 5.32 Å². The number of hydrogen-bond acceptors (Lipinski definition) is 3. The summed E-state index contributed by atoms with van der Waals surface area (Å²) in [6.45, 7) is 0. The van der Waals surface area contributed by atoms with Crippen LogP contribution in [0.15, 0.2) is 36.4 Å². The molecule has 1 amide bonds. The summed E-state index contributed by atoms with van der Waals surface area (Å²) in [5, 5.41) is 14.7. The Bertz CT molecular complexity index is 821. The van der Waals surface area contributed by atoms with E-state index >= 15 is 0 Å². The maximum atomic E-state index is 12.3. The molecule has 2 aromatic rings. The van der Waals surface area contributed by atoms with Crippen LogP contribution in [0.25, 0.3) is 0 Å². The third-order valence-electron chi connectivity index (χ3n) is 3.85. The Labute approximate surface area is 152 Å². The Balaban J connectivity index is 1.71. The standard InChI is InChI=1S/C16H11Cl3N2O3/c17-9-3-8(4-10(18)5-9)12-7-13(12)16(22)20-11-1-2-14(19)15(6-11)21(23)24/h1-6,12-13H,7H2,(H,20,22)/t12-,13-/m0/s1. The van der Waals surface area contributed by atoms with Gasteiger partial charge in [0.05, 0.1) is 4.92 Å². The molecule has 3 rings (SSSR count). The van der Waals surface area contributed by atoms with E-state index in [1.54, 1.807) is 18.2 Å². The van der Waals surface area contributed by atoms with Crippen LogP contribution >= 0.6 is 34.8 Å². The van der Waals surface area contributed by atoms with Crippen molar-refractivity contribution in [2.75, 3.05) is 5.32 Å². The van der Waals surface area contributed by atoms with E-state index in [-0.39, 0.29) is 28.5 Å². The number of amides is 1. The van der Waals surface area contributed by atoms with E-state index in [9.17, 15) is 14.9 Å². The molecule has 0 radical (unpaired) electrons. The lowest BCUT2D eigenvalue weighted by molar-refractivity contribution is -0.384. The molecule has 2 atom stereocenters. The van der Waals surface area contributed by atoms with E-state index < -0.39 is 4.92 Å². The van der Waals surface area contributed by atoms with Crippen LogP contribution in [-0.4, -0.2) is 10.8 Å². The van der Waals surface area contributed by atoms with E-state index in [0.29, 0.717) is 22.2 Å². The molecule has 1 aliphatic carbocycles. The molecule has 0 bridgehead atoms. The molecule has 0 saturated heterocycles. The first-order valence-corrected chi connectivity index (χ1v) is 8.19. The third-order valence-corrected chi connectivity index (χ3v) is 4.61. The first kappa shape index (κ1) is 17.0. The van der Waals surface area contributed by atoms with Gasteiger partial charge in [0, 0.05) is 27.7 Å². The molecule has 124 valence electrons. The number of carbonyl (C=O) groups excluding carboxylic acids is 1. The van der Waals surface area contributed by atoms with Gasteiger partial charge in [0.25, 0.3) is 5.69 Å². The van der Waals surface area contributed by atoms with Gasteiger partial charge in [0.1, 0.15) is 5.02 Å². The van der Waals surface area contributed by atoms with Gasteiger partial charge in [-0.3, -0.25) is 14.9 Å². The molecule has 0 heterocycles. The average molecular weight is 386 g/mol. The van der Waals surface area contributed by atoms with Gasteiger partial charge in [-0.1, -0.05) is 34.8 Å². The lowest BCUT2D eigenvalue weighted by Gasteiger charge is -2.06. The van der Waals surface area contributed by atoms with E-state index in [4.69, 9.17) is 34.8 Å². The van der Waals surface area contributed by atoms with Crippen LogP contribution in [0.4, 0.5) is 11.4 Å². The Kier molecular flexibility index (Phi) is 4.67. The van der Waals surface area contributed by atoms with Crippen molar-refractivity contribution >= 4 is 52.1 Å². The highest BCUT2D eigenvalue weighted by Crippen LogP contribution is 2.49. The maximum absolute atomic E-state index is 12.3. The quantitative estimate of drug-likeness (QED) is 0.573. The molecule has 24 heavy (non-hydrogen) atoms. The second-order valence-electron chi connectivity index (χ2n) is 5.56. The first-order valence-electron chi connectivity index (χ1n) is 7.06. The zero-order valence-corrected chi connectivity index (χ0v) is 14.4. The summed E-state index contributed by atoms with van der Waals surface area (Å²) in [6, 6.07) is 9.37. The number of nitrogens with one attached hydrogen (secondary N) is 1. The predicted molar refractivity (Wildman–Crippen MR) is 94.0 cm³/mol. The molecule has 0 spiro atoms. The fourth-order valence-corrected chi connectivity index (χ4v) is 3.34. The molecule has 0 aromatic heterocycles. The molecule has 5 nitrogen and oxygen atoms in total. The fourth-order valence-electron chi connectivity index (χ4n) is 2.61. The Morgan fingerprint density at radius 3 is 2.42 bits per heavy atom. The van der Waals surface area contributed by atoms with Gasteiger partial charge in [-0.15, -0.1) is 0 Å². The molecule has 1 aliphatic rings. The molecule has 8 heteroatoms. The summed E-state index contributed by atoms with van der Waals surface area (Å²) in [6.07, 6.45) is 0.679. The van der Waals surface area contributed by atoms with E-state index in [1.807, 2.05) is 0 Å². The van der Waals surface area contributed by atoms with Crippen LogP contribution in [0.1, 0.15) is 17.9 Å². The lowest BCUT2D eigenvalue weighted by atomic mass is 10.1. The minimum Gasteiger partial charge on any atom is -0.326 e. The van der Waals surface area contributed by atoms with Crippen molar-refractivity contribution in [3.05, 3.63) is 67.1 Å². The zero-order valence-electron chi connectivity index (χ0n) is 12.1. The Morgan fingerprint density at radius 1 is 1.12 bits per heavy atom. The van der Waals surface area contributed by atoms with Crippen LogP contribution in [0.3, 0.4) is 0 Å². The Hall–Kier alpha value is -1.82. The van der Waals surface area contributed by atoms with Crippen molar-refractivity contribution < 1.29 is 9.72 Å². The van der Waals surface area contributed by atoms with Gasteiger partial charge in [0.15, 0.2) is 0 Å². The topological polar surface area (TPSA) is 72.2 Å². The summed E-state index contributed by atoms with van der Waals surface area (Å²) in [4.78, 5) is 22.6. The van der Waals surface area contributed by atoms with Gasteiger partial charge in [-0.2, -0.15) is 0 Å². The van der Waals surface area contributed by atoms with Crippen LogP contribution in [0.2, 0.25) is 15.1 Å². The average Bonchev–Trinajstić information content (AvgIpc) is 3.28. The van der Waals surface area contributed by atoms with Gasteiger partial charge in [-0.25, -0.2) is 0 Å². The highest BCUT2D eigenvalue weighted by molar-refractivity contribution is 6.34. The van der Waals surface area contributed by atoms with Crippen molar-refractivity contribution in [1.29, 1.82) is 0 Å². The number of nitrogens with zero attached hydrogens (tertiary/aromatic N) is 1. The van der Waals surface area contributed by atoms with Crippen molar-refractivity contribution in [1.82, 2.24) is 0 Å². The van der Waals surface area contributed by atoms with E-state index in [1.165, 1.54) is 18.2 Å². The second kappa shape index (κ2) is 6.59.